The first-order valence-corrected chi connectivity index (χ1v) is 7.01. The second-order valence-corrected chi connectivity index (χ2v) is 4.97. The molecule has 0 saturated carbocycles. The molecule has 0 radical (unpaired) electrons. The van der Waals surface area contributed by atoms with Crippen LogP contribution in [0.25, 0.3) is 0 Å². The summed E-state index contributed by atoms with van der Waals surface area (Å²) >= 11 is 0. The number of rotatable bonds is 5. The summed E-state index contributed by atoms with van der Waals surface area (Å²) in [6, 6.07) is 3.69. The number of ether oxygens (including phenoxy) is 1. The molecule has 0 aliphatic carbocycles. The largest absolute Gasteiger partial charge is 0.378 e. The van der Waals surface area contributed by atoms with Crippen LogP contribution in [0.15, 0.2) is 18.2 Å². The molecule has 1 heterocycles. The second kappa shape index (κ2) is 6.96. The summed E-state index contributed by atoms with van der Waals surface area (Å²) in [7, 11) is 0. The van der Waals surface area contributed by atoms with Gasteiger partial charge in [-0.2, -0.15) is 0 Å². The van der Waals surface area contributed by atoms with Gasteiger partial charge >= 0.3 is 0 Å². The fourth-order valence-electron chi connectivity index (χ4n) is 2.65. The zero-order chi connectivity index (χ0) is 13.7. The molecule has 106 valence electrons. The van der Waals surface area contributed by atoms with E-state index in [1.54, 1.807) is 0 Å². The third kappa shape index (κ3) is 3.74. The highest BCUT2D eigenvalue weighted by atomic mass is 19.1. The quantitative estimate of drug-likeness (QED) is 0.882. The molecule has 0 bridgehead atoms. The molecule has 0 aromatic heterocycles. The van der Waals surface area contributed by atoms with Crippen molar-refractivity contribution in [2.45, 2.75) is 44.8 Å². The highest BCUT2D eigenvalue weighted by Crippen LogP contribution is 2.28. The van der Waals surface area contributed by atoms with Crippen LogP contribution in [0, 0.1) is 11.6 Å². The van der Waals surface area contributed by atoms with Crippen LogP contribution in [0.2, 0.25) is 0 Å². The van der Waals surface area contributed by atoms with Gasteiger partial charge in [0.15, 0.2) is 0 Å². The van der Waals surface area contributed by atoms with Gasteiger partial charge in [-0.15, -0.1) is 0 Å². The lowest BCUT2D eigenvalue weighted by Crippen LogP contribution is -2.30. The van der Waals surface area contributed by atoms with Crippen molar-refractivity contribution in [3.63, 3.8) is 0 Å². The number of benzene rings is 1. The number of nitrogens with one attached hydrogen (secondary N) is 1. The third-order valence-electron chi connectivity index (χ3n) is 3.57. The van der Waals surface area contributed by atoms with Gasteiger partial charge in [-0.3, -0.25) is 0 Å². The minimum absolute atomic E-state index is 0.0943. The maximum absolute atomic E-state index is 13.9. The summed E-state index contributed by atoms with van der Waals surface area (Å²) in [4.78, 5) is 0. The summed E-state index contributed by atoms with van der Waals surface area (Å²) < 4.78 is 33.4. The van der Waals surface area contributed by atoms with Crippen molar-refractivity contribution in [3.8, 4) is 0 Å². The summed E-state index contributed by atoms with van der Waals surface area (Å²) in [6.07, 6.45) is 3.89. The Hall–Kier alpha value is -1.00. The molecular weight excluding hydrogens is 248 g/mol. The van der Waals surface area contributed by atoms with Crippen LogP contribution >= 0.6 is 0 Å². The molecule has 0 amide bonds. The van der Waals surface area contributed by atoms with Crippen LogP contribution < -0.4 is 5.32 Å². The third-order valence-corrected chi connectivity index (χ3v) is 3.57. The molecule has 2 unspecified atom stereocenters. The van der Waals surface area contributed by atoms with Gasteiger partial charge in [-0.05, 0) is 44.4 Å². The van der Waals surface area contributed by atoms with Crippen LogP contribution in [-0.2, 0) is 4.74 Å². The standard InChI is InChI=1S/C15H21F2NO/c1-2-18-14(10-11-6-3-4-9-19-11)15-12(16)7-5-8-13(15)17/h5,7-8,11,14,18H,2-4,6,9-10H2,1H3. The molecule has 19 heavy (non-hydrogen) atoms. The van der Waals surface area contributed by atoms with E-state index < -0.39 is 11.6 Å². The Labute approximate surface area is 113 Å². The molecule has 4 heteroatoms. The molecular formula is C15H21F2NO. The molecule has 2 rings (SSSR count). The van der Waals surface area contributed by atoms with Crippen LogP contribution in [0.4, 0.5) is 8.78 Å². The Morgan fingerprint density at radius 3 is 2.63 bits per heavy atom. The van der Waals surface area contributed by atoms with Gasteiger partial charge in [0.1, 0.15) is 11.6 Å². The molecule has 0 spiro atoms. The highest BCUT2D eigenvalue weighted by molar-refractivity contribution is 5.23. The predicted molar refractivity (Wildman–Crippen MR) is 71.0 cm³/mol. The van der Waals surface area contributed by atoms with Crippen molar-refractivity contribution in [1.82, 2.24) is 5.32 Å². The first kappa shape index (κ1) is 14.4. The van der Waals surface area contributed by atoms with Crippen molar-refractivity contribution in [1.29, 1.82) is 0 Å². The van der Waals surface area contributed by atoms with Crippen LogP contribution in [0.5, 0.6) is 0 Å². The maximum atomic E-state index is 13.9. The smallest absolute Gasteiger partial charge is 0.130 e. The SMILES string of the molecule is CCNC(CC1CCCCO1)c1c(F)cccc1F. The molecule has 1 saturated heterocycles. The van der Waals surface area contributed by atoms with Crippen LogP contribution in [-0.4, -0.2) is 19.3 Å². The van der Waals surface area contributed by atoms with Crippen molar-refractivity contribution < 1.29 is 13.5 Å². The Kier molecular flexibility index (Phi) is 5.28. The van der Waals surface area contributed by atoms with Crippen molar-refractivity contribution >= 4 is 0 Å². The Morgan fingerprint density at radius 2 is 2.05 bits per heavy atom. The zero-order valence-corrected chi connectivity index (χ0v) is 11.3. The maximum Gasteiger partial charge on any atom is 0.130 e. The predicted octanol–water partition coefficient (Wildman–Crippen LogP) is 3.57. The van der Waals surface area contributed by atoms with Gasteiger partial charge in [-0.25, -0.2) is 8.78 Å². The Morgan fingerprint density at radius 1 is 1.32 bits per heavy atom. The fourth-order valence-corrected chi connectivity index (χ4v) is 2.65. The van der Waals surface area contributed by atoms with E-state index in [0.29, 0.717) is 13.0 Å². The first-order valence-electron chi connectivity index (χ1n) is 7.01. The molecule has 1 aromatic rings. The van der Waals surface area contributed by atoms with Gasteiger partial charge in [0, 0.05) is 18.2 Å². The second-order valence-electron chi connectivity index (χ2n) is 4.97. The molecule has 1 aromatic carbocycles. The zero-order valence-electron chi connectivity index (χ0n) is 11.3. The average Bonchev–Trinajstić information content (AvgIpc) is 2.40. The molecule has 1 aliphatic heterocycles. The highest BCUT2D eigenvalue weighted by Gasteiger charge is 2.24. The summed E-state index contributed by atoms with van der Waals surface area (Å²) in [5, 5.41) is 3.17. The minimum atomic E-state index is -0.484. The summed E-state index contributed by atoms with van der Waals surface area (Å²) in [5.41, 5.74) is 0.138. The number of halogens is 2. The van der Waals surface area contributed by atoms with Crippen LogP contribution in [0.3, 0.4) is 0 Å². The van der Waals surface area contributed by atoms with Gasteiger partial charge in [0.2, 0.25) is 0 Å². The monoisotopic (exact) mass is 269 g/mol. The van der Waals surface area contributed by atoms with Crippen molar-refractivity contribution in [2.75, 3.05) is 13.2 Å². The molecule has 2 nitrogen and oxygen atoms in total. The lowest BCUT2D eigenvalue weighted by molar-refractivity contribution is 0.00474. The van der Waals surface area contributed by atoms with E-state index in [1.807, 2.05) is 6.92 Å². The first-order chi connectivity index (χ1) is 9.22. The van der Waals surface area contributed by atoms with E-state index in [-0.39, 0.29) is 17.7 Å². The van der Waals surface area contributed by atoms with E-state index in [9.17, 15) is 8.78 Å². The normalized spacial score (nSPS) is 21.3. The van der Waals surface area contributed by atoms with Gasteiger partial charge in [-0.1, -0.05) is 13.0 Å². The van der Waals surface area contributed by atoms with Crippen LogP contribution in [0.1, 0.15) is 44.2 Å². The molecule has 1 aliphatic rings. The molecule has 1 N–H and O–H groups in total. The lowest BCUT2D eigenvalue weighted by Gasteiger charge is -2.28. The van der Waals surface area contributed by atoms with E-state index in [2.05, 4.69) is 5.32 Å². The van der Waals surface area contributed by atoms with E-state index in [4.69, 9.17) is 4.74 Å². The van der Waals surface area contributed by atoms with E-state index in [0.717, 1.165) is 25.9 Å². The Balaban J connectivity index is 2.14. The topological polar surface area (TPSA) is 21.3 Å². The van der Waals surface area contributed by atoms with Crippen molar-refractivity contribution in [3.05, 3.63) is 35.4 Å². The van der Waals surface area contributed by atoms with Crippen molar-refractivity contribution in [2.24, 2.45) is 0 Å². The average molecular weight is 269 g/mol. The molecule has 1 fully saturated rings. The fraction of sp³-hybridized carbons (Fsp3) is 0.600. The number of hydrogen-bond acceptors (Lipinski definition) is 2. The lowest BCUT2D eigenvalue weighted by atomic mass is 9.96. The van der Waals surface area contributed by atoms with Gasteiger partial charge in [0.25, 0.3) is 0 Å². The Bertz CT molecular complexity index is 385. The summed E-state index contributed by atoms with van der Waals surface area (Å²) in [6.45, 7) is 3.36. The summed E-state index contributed by atoms with van der Waals surface area (Å²) in [5.74, 6) is -0.969. The van der Waals surface area contributed by atoms with Gasteiger partial charge < -0.3 is 10.1 Å². The minimum Gasteiger partial charge on any atom is -0.378 e. The van der Waals surface area contributed by atoms with E-state index >= 15 is 0 Å². The van der Waals surface area contributed by atoms with E-state index in [1.165, 1.54) is 18.2 Å². The molecule has 2 atom stereocenters. The number of hydrogen-bond donors (Lipinski definition) is 1. The van der Waals surface area contributed by atoms with Gasteiger partial charge in [0.05, 0.1) is 6.10 Å².